The van der Waals surface area contributed by atoms with E-state index in [9.17, 15) is 19.9 Å². The number of nitrogens with one attached hydrogen (secondary N) is 1. The number of hydrogen-bond donors (Lipinski definition) is 2. The van der Waals surface area contributed by atoms with E-state index in [-0.39, 0.29) is 12.5 Å². The molecule has 2 heterocycles. The molecule has 0 bridgehead atoms. The Bertz CT molecular complexity index is 791. The number of pyridine rings is 1. The van der Waals surface area contributed by atoms with E-state index in [1.54, 1.807) is 4.90 Å². The highest BCUT2D eigenvalue weighted by Gasteiger charge is 2.34. The smallest absolute Gasteiger partial charge is 0.408 e. The molecule has 1 aromatic heterocycles. The van der Waals surface area contributed by atoms with Crippen LogP contribution in [0.25, 0.3) is 0 Å². The van der Waals surface area contributed by atoms with E-state index in [0.717, 1.165) is 18.4 Å². The number of nitrogens with zero attached hydrogens (tertiary/aromatic N) is 2. The summed E-state index contributed by atoms with van der Waals surface area (Å²) in [5.74, 6) is -0.375. The van der Waals surface area contributed by atoms with Crippen molar-refractivity contribution >= 4 is 12.0 Å². The van der Waals surface area contributed by atoms with Crippen molar-refractivity contribution in [1.29, 1.82) is 0 Å². The fourth-order valence-electron chi connectivity index (χ4n) is 3.12. The van der Waals surface area contributed by atoms with Gasteiger partial charge in [0.25, 0.3) is 0 Å². The monoisotopic (exact) mass is 385 g/mol. The van der Waals surface area contributed by atoms with Crippen molar-refractivity contribution in [3.8, 4) is 0 Å². The van der Waals surface area contributed by atoms with E-state index < -0.39 is 18.2 Å². The number of aliphatic hydroxyl groups is 1. The first-order valence-corrected chi connectivity index (χ1v) is 9.17. The Morgan fingerprint density at radius 1 is 1.14 bits per heavy atom. The van der Waals surface area contributed by atoms with Gasteiger partial charge in [0.05, 0.1) is 0 Å². The van der Waals surface area contributed by atoms with Crippen LogP contribution >= 0.6 is 0 Å². The van der Waals surface area contributed by atoms with Crippen LogP contribution in [0.4, 0.5) is 4.79 Å². The molecule has 0 radical (unpaired) electrons. The van der Waals surface area contributed by atoms with Crippen molar-refractivity contribution in [2.24, 2.45) is 0 Å². The van der Waals surface area contributed by atoms with Crippen molar-refractivity contribution in [1.82, 2.24) is 10.2 Å². The Balaban J connectivity index is 1.70. The summed E-state index contributed by atoms with van der Waals surface area (Å²) < 4.78 is 5.77. The molecule has 1 aliphatic heterocycles. The third-order valence-electron chi connectivity index (χ3n) is 4.65. The molecular formula is C20H23N3O5. The quantitative estimate of drug-likeness (QED) is 0.575. The molecule has 28 heavy (non-hydrogen) atoms. The fourth-order valence-corrected chi connectivity index (χ4v) is 3.12. The third-order valence-corrected chi connectivity index (χ3v) is 4.65. The number of aromatic nitrogens is 1. The summed E-state index contributed by atoms with van der Waals surface area (Å²) in [6.07, 6.45) is 2.12. The van der Waals surface area contributed by atoms with Gasteiger partial charge in [-0.2, -0.15) is 4.73 Å². The van der Waals surface area contributed by atoms with Gasteiger partial charge < -0.3 is 25.3 Å². The van der Waals surface area contributed by atoms with Gasteiger partial charge in [-0.15, -0.1) is 0 Å². The van der Waals surface area contributed by atoms with Gasteiger partial charge >= 0.3 is 6.09 Å². The standard InChI is InChI=1S/C20H23N3O5/c24-18(16-8-12-23(27)13-9-16)17(19(25)22-10-4-5-11-22)21-20(26)28-14-15-6-2-1-3-7-15/h1-3,6-9,12-13,17-18,24H,4-5,10-11,14H2,(H,21,26). The summed E-state index contributed by atoms with van der Waals surface area (Å²) in [7, 11) is 0. The SMILES string of the molecule is O=C(NC(C(=O)N1CCCC1)C(O)c1cc[n+]([O-])cc1)OCc1ccccc1. The van der Waals surface area contributed by atoms with Gasteiger partial charge in [-0.1, -0.05) is 30.3 Å². The molecule has 2 atom stereocenters. The maximum absolute atomic E-state index is 12.9. The number of aliphatic hydroxyl groups excluding tert-OH is 1. The van der Waals surface area contributed by atoms with Gasteiger partial charge in [0, 0.05) is 25.2 Å². The molecule has 2 aromatic rings. The van der Waals surface area contributed by atoms with E-state index in [1.165, 1.54) is 24.5 Å². The maximum Gasteiger partial charge on any atom is 0.408 e. The van der Waals surface area contributed by atoms with E-state index in [4.69, 9.17) is 4.74 Å². The van der Waals surface area contributed by atoms with Crippen LogP contribution in [-0.2, 0) is 16.1 Å². The Kier molecular flexibility index (Phi) is 6.44. The first-order valence-electron chi connectivity index (χ1n) is 9.17. The zero-order valence-corrected chi connectivity index (χ0v) is 15.4. The van der Waals surface area contributed by atoms with Crippen molar-refractivity contribution < 1.29 is 24.2 Å². The largest absolute Gasteiger partial charge is 0.619 e. The normalized spacial score (nSPS) is 15.7. The van der Waals surface area contributed by atoms with Crippen LogP contribution in [0.2, 0.25) is 0 Å². The molecule has 1 saturated heterocycles. The van der Waals surface area contributed by atoms with Crippen LogP contribution in [0.3, 0.4) is 0 Å². The lowest BCUT2D eigenvalue weighted by Crippen LogP contribution is -2.51. The lowest BCUT2D eigenvalue weighted by atomic mass is 10.0. The van der Waals surface area contributed by atoms with Crippen LogP contribution in [0.15, 0.2) is 54.9 Å². The Hall–Kier alpha value is -3.13. The molecule has 8 heteroatoms. The topological polar surface area (TPSA) is 106 Å². The lowest BCUT2D eigenvalue weighted by molar-refractivity contribution is -0.605. The van der Waals surface area contributed by atoms with Crippen LogP contribution < -0.4 is 10.0 Å². The molecule has 148 valence electrons. The summed E-state index contributed by atoms with van der Waals surface area (Å²) in [5.41, 5.74) is 1.16. The predicted octanol–water partition coefficient (Wildman–Crippen LogP) is 1.27. The van der Waals surface area contributed by atoms with E-state index in [2.05, 4.69) is 5.32 Å². The Labute approximate surface area is 162 Å². The summed E-state index contributed by atoms with van der Waals surface area (Å²) in [4.78, 5) is 26.7. The van der Waals surface area contributed by atoms with Gasteiger partial charge in [0.2, 0.25) is 5.91 Å². The van der Waals surface area contributed by atoms with Crippen molar-refractivity contribution in [3.05, 3.63) is 71.2 Å². The second-order valence-corrected chi connectivity index (χ2v) is 6.65. The second kappa shape index (κ2) is 9.18. The number of benzene rings is 1. The van der Waals surface area contributed by atoms with Gasteiger partial charge in [-0.25, -0.2) is 4.79 Å². The van der Waals surface area contributed by atoms with E-state index in [0.29, 0.717) is 23.4 Å². The molecule has 1 aromatic carbocycles. The van der Waals surface area contributed by atoms with Gasteiger partial charge in [0.1, 0.15) is 18.8 Å². The number of alkyl carbamates (subject to hydrolysis) is 1. The van der Waals surface area contributed by atoms with Gasteiger partial charge in [-0.3, -0.25) is 4.79 Å². The number of rotatable bonds is 6. The Morgan fingerprint density at radius 2 is 1.79 bits per heavy atom. The van der Waals surface area contributed by atoms with Crippen molar-refractivity contribution in [2.75, 3.05) is 13.1 Å². The minimum Gasteiger partial charge on any atom is -0.619 e. The first kappa shape index (κ1) is 19.6. The molecule has 1 fully saturated rings. The predicted molar refractivity (Wildman–Crippen MR) is 99.7 cm³/mol. The van der Waals surface area contributed by atoms with Crippen molar-refractivity contribution in [3.63, 3.8) is 0 Å². The minimum absolute atomic E-state index is 0.0505. The molecule has 0 saturated carbocycles. The van der Waals surface area contributed by atoms with Gasteiger partial charge in [-0.05, 0) is 24.0 Å². The minimum atomic E-state index is -1.31. The molecule has 0 aliphatic carbocycles. The average molecular weight is 385 g/mol. The molecule has 1 aliphatic rings. The van der Waals surface area contributed by atoms with Crippen LogP contribution in [-0.4, -0.2) is 41.1 Å². The second-order valence-electron chi connectivity index (χ2n) is 6.65. The molecule has 2 amide bonds. The van der Waals surface area contributed by atoms with Crippen LogP contribution in [0.1, 0.15) is 30.1 Å². The highest BCUT2D eigenvalue weighted by molar-refractivity contribution is 5.86. The number of hydrogen-bond acceptors (Lipinski definition) is 5. The summed E-state index contributed by atoms with van der Waals surface area (Å²) in [6.45, 7) is 1.21. The zero-order chi connectivity index (χ0) is 19.9. The zero-order valence-electron chi connectivity index (χ0n) is 15.4. The van der Waals surface area contributed by atoms with E-state index >= 15 is 0 Å². The lowest BCUT2D eigenvalue weighted by Gasteiger charge is -2.27. The number of ether oxygens (including phenoxy) is 1. The summed E-state index contributed by atoms with van der Waals surface area (Å²) in [5, 5.41) is 24.4. The van der Waals surface area contributed by atoms with Crippen molar-refractivity contribution in [2.45, 2.75) is 31.6 Å². The molecule has 2 unspecified atom stereocenters. The highest BCUT2D eigenvalue weighted by atomic mass is 16.5. The first-order chi connectivity index (χ1) is 13.5. The Morgan fingerprint density at radius 3 is 2.43 bits per heavy atom. The molecule has 3 rings (SSSR count). The van der Waals surface area contributed by atoms with Crippen LogP contribution in [0.5, 0.6) is 0 Å². The number of carbonyl (C=O) groups is 2. The average Bonchev–Trinajstić information content (AvgIpc) is 3.26. The fraction of sp³-hybridized carbons (Fsp3) is 0.350. The number of carbonyl (C=O) groups excluding carboxylic acids is 2. The van der Waals surface area contributed by atoms with Gasteiger partial charge in [0.15, 0.2) is 12.4 Å². The summed E-state index contributed by atoms with van der Waals surface area (Å²) in [6, 6.07) is 10.8. The molecule has 8 nitrogen and oxygen atoms in total. The van der Waals surface area contributed by atoms with Crippen LogP contribution in [0, 0.1) is 5.21 Å². The highest BCUT2D eigenvalue weighted by Crippen LogP contribution is 2.20. The number of amides is 2. The number of likely N-dealkylation sites (tertiary alicyclic amines) is 1. The molecular weight excluding hydrogens is 362 g/mol. The molecule has 0 spiro atoms. The van der Waals surface area contributed by atoms with E-state index in [1.807, 2.05) is 30.3 Å². The summed E-state index contributed by atoms with van der Waals surface area (Å²) >= 11 is 0. The maximum atomic E-state index is 12.9. The molecule has 2 N–H and O–H groups in total. The third kappa shape index (κ3) is 4.98.